The van der Waals surface area contributed by atoms with E-state index in [1.165, 1.54) is 10.3 Å². The smallest absolute Gasteiger partial charge is 0.225 e. The molecule has 2 aromatic rings. The van der Waals surface area contributed by atoms with E-state index >= 15 is 0 Å². The van der Waals surface area contributed by atoms with E-state index in [9.17, 15) is 0 Å². The average molecular weight is 295 g/mol. The average Bonchev–Trinajstić information content (AvgIpc) is 2.82. The highest BCUT2D eigenvalue weighted by Crippen LogP contribution is 2.35. The Morgan fingerprint density at radius 1 is 1.32 bits per heavy atom. The summed E-state index contributed by atoms with van der Waals surface area (Å²) >= 11 is 3.63. The molecule has 0 radical (unpaired) electrons. The first-order valence-corrected chi connectivity index (χ1v) is 8.58. The van der Waals surface area contributed by atoms with Crippen LogP contribution in [0.2, 0.25) is 0 Å². The molecule has 5 heteroatoms. The van der Waals surface area contributed by atoms with Gasteiger partial charge in [-0.1, -0.05) is 20.8 Å². The number of hydrogen-bond donors (Lipinski definition) is 1. The Kier molecular flexibility index (Phi) is 5.05. The maximum atomic E-state index is 4.67. The number of aromatic nitrogens is 2. The van der Waals surface area contributed by atoms with Crippen LogP contribution in [-0.4, -0.2) is 21.8 Å². The second kappa shape index (κ2) is 6.57. The first kappa shape index (κ1) is 14.6. The molecule has 0 fully saturated rings. The summed E-state index contributed by atoms with van der Waals surface area (Å²) in [7, 11) is 0. The molecule has 1 atom stereocenters. The fourth-order valence-electron chi connectivity index (χ4n) is 1.72. The Morgan fingerprint density at radius 3 is 2.74 bits per heavy atom. The Morgan fingerprint density at radius 2 is 2.11 bits per heavy atom. The van der Waals surface area contributed by atoms with Crippen LogP contribution >= 0.6 is 23.1 Å². The van der Waals surface area contributed by atoms with Gasteiger partial charge in [0.25, 0.3) is 0 Å². The molecule has 1 unspecified atom stereocenters. The summed E-state index contributed by atoms with van der Waals surface area (Å²) < 4.78 is 0. The molecular weight excluding hydrogens is 274 g/mol. The van der Waals surface area contributed by atoms with Gasteiger partial charge in [-0.3, -0.25) is 0 Å². The molecule has 0 aliphatic carbocycles. The molecule has 0 bridgehead atoms. The van der Waals surface area contributed by atoms with E-state index in [4.69, 9.17) is 0 Å². The third-order valence-electron chi connectivity index (χ3n) is 2.98. The molecule has 0 aromatic carbocycles. The zero-order chi connectivity index (χ0) is 13.8. The minimum absolute atomic E-state index is 0.581. The van der Waals surface area contributed by atoms with Gasteiger partial charge in [0, 0.05) is 22.1 Å². The molecule has 2 heterocycles. The number of thioether (sulfide) groups is 1. The highest BCUT2D eigenvalue weighted by molar-refractivity contribution is 8.00. The van der Waals surface area contributed by atoms with E-state index in [0.29, 0.717) is 5.25 Å². The van der Waals surface area contributed by atoms with Gasteiger partial charge in [-0.05, 0) is 25.8 Å². The van der Waals surface area contributed by atoms with E-state index in [0.717, 1.165) is 35.2 Å². The first-order valence-electron chi connectivity index (χ1n) is 6.88. The van der Waals surface area contributed by atoms with E-state index < -0.39 is 0 Å². The number of thiophene rings is 1. The Labute approximate surface area is 123 Å². The van der Waals surface area contributed by atoms with Crippen LogP contribution in [-0.2, 0) is 6.42 Å². The second-order valence-corrected chi connectivity index (χ2v) is 7.05. The van der Waals surface area contributed by atoms with E-state index in [1.54, 1.807) is 11.3 Å². The van der Waals surface area contributed by atoms with Crippen molar-refractivity contribution in [3.05, 3.63) is 10.9 Å². The van der Waals surface area contributed by atoms with Crippen molar-refractivity contribution in [3.8, 4) is 0 Å². The van der Waals surface area contributed by atoms with E-state index in [2.05, 4.69) is 49.0 Å². The third-order valence-corrected chi connectivity index (χ3v) is 5.42. The number of fused-ring (bicyclic) bond motifs is 1. The summed E-state index contributed by atoms with van der Waals surface area (Å²) in [5.41, 5.74) is 0. The lowest BCUT2D eigenvalue weighted by Gasteiger charge is -2.10. The standard InChI is InChI=1S/C14H21N3S2/c1-5-9(4)18-12-11-8-10(6-2)19-13(11)17-14(16-12)15-7-3/h8-9H,5-7H2,1-4H3,(H,15,16,17). The van der Waals surface area contributed by atoms with Crippen molar-refractivity contribution in [3.63, 3.8) is 0 Å². The predicted octanol–water partition coefficient (Wildman–Crippen LogP) is 4.58. The largest absolute Gasteiger partial charge is 0.354 e. The summed E-state index contributed by atoms with van der Waals surface area (Å²) in [4.78, 5) is 11.8. The van der Waals surface area contributed by atoms with Crippen LogP contribution in [0.1, 0.15) is 39.0 Å². The van der Waals surface area contributed by atoms with Crippen molar-refractivity contribution in [2.75, 3.05) is 11.9 Å². The SMILES string of the molecule is CCNc1nc(SC(C)CC)c2cc(CC)sc2n1. The molecule has 0 aliphatic heterocycles. The van der Waals surface area contributed by atoms with E-state index in [-0.39, 0.29) is 0 Å². The minimum atomic E-state index is 0.581. The van der Waals surface area contributed by atoms with Gasteiger partial charge in [-0.15, -0.1) is 23.1 Å². The van der Waals surface area contributed by atoms with Crippen molar-refractivity contribution in [1.29, 1.82) is 0 Å². The number of anilines is 1. The van der Waals surface area contributed by atoms with Gasteiger partial charge < -0.3 is 5.32 Å². The fraction of sp³-hybridized carbons (Fsp3) is 0.571. The Balaban J connectivity index is 2.46. The lowest BCUT2D eigenvalue weighted by atomic mass is 10.3. The minimum Gasteiger partial charge on any atom is -0.354 e. The molecule has 104 valence electrons. The molecule has 2 rings (SSSR count). The van der Waals surface area contributed by atoms with Crippen LogP contribution in [0, 0.1) is 0 Å². The zero-order valence-electron chi connectivity index (χ0n) is 12.0. The second-order valence-electron chi connectivity index (χ2n) is 4.50. The fourth-order valence-corrected chi connectivity index (χ4v) is 3.72. The molecule has 0 aliphatic rings. The zero-order valence-corrected chi connectivity index (χ0v) is 13.6. The van der Waals surface area contributed by atoms with Gasteiger partial charge in [-0.2, -0.15) is 0 Å². The summed E-state index contributed by atoms with van der Waals surface area (Å²) in [6.07, 6.45) is 2.21. The maximum Gasteiger partial charge on any atom is 0.225 e. The van der Waals surface area contributed by atoms with Crippen molar-refractivity contribution in [2.24, 2.45) is 0 Å². The van der Waals surface area contributed by atoms with Crippen LogP contribution in [0.4, 0.5) is 5.95 Å². The van der Waals surface area contributed by atoms with Crippen molar-refractivity contribution in [1.82, 2.24) is 9.97 Å². The third kappa shape index (κ3) is 3.39. The molecule has 0 saturated heterocycles. The number of nitrogens with zero attached hydrogens (tertiary/aromatic N) is 2. The van der Waals surface area contributed by atoms with Crippen molar-refractivity contribution in [2.45, 2.75) is 50.8 Å². The van der Waals surface area contributed by atoms with E-state index in [1.807, 2.05) is 11.8 Å². The van der Waals surface area contributed by atoms with Gasteiger partial charge >= 0.3 is 0 Å². The van der Waals surface area contributed by atoms with Crippen LogP contribution in [0.25, 0.3) is 10.2 Å². The lowest BCUT2D eigenvalue weighted by molar-refractivity contribution is 0.901. The Bertz CT molecular complexity index is 551. The molecule has 19 heavy (non-hydrogen) atoms. The first-order chi connectivity index (χ1) is 9.17. The quantitative estimate of drug-likeness (QED) is 0.625. The summed E-state index contributed by atoms with van der Waals surface area (Å²) in [6.45, 7) is 9.57. The van der Waals surface area contributed by atoms with Gasteiger partial charge in [0.1, 0.15) is 9.86 Å². The summed E-state index contributed by atoms with van der Waals surface area (Å²) in [5, 5.41) is 6.14. The highest BCUT2D eigenvalue weighted by atomic mass is 32.2. The van der Waals surface area contributed by atoms with Crippen LogP contribution in [0.3, 0.4) is 0 Å². The topological polar surface area (TPSA) is 37.8 Å². The molecule has 1 N–H and O–H groups in total. The normalized spacial score (nSPS) is 12.8. The molecule has 3 nitrogen and oxygen atoms in total. The van der Waals surface area contributed by atoms with Gasteiger partial charge in [0.2, 0.25) is 5.95 Å². The summed E-state index contributed by atoms with van der Waals surface area (Å²) in [6, 6.07) is 2.25. The molecule has 0 saturated carbocycles. The highest BCUT2D eigenvalue weighted by Gasteiger charge is 2.13. The number of hydrogen-bond acceptors (Lipinski definition) is 5. The van der Waals surface area contributed by atoms with Crippen molar-refractivity contribution >= 4 is 39.3 Å². The maximum absolute atomic E-state index is 4.67. The number of aryl methyl sites for hydroxylation is 1. The summed E-state index contributed by atoms with van der Waals surface area (Å²) in [5.74, 6) is 0.755. The van der Waals surface area contributed by atoms with Crippen molar-refractivity contribution < 1.29 is 0 Å². The van der Waals surface area contributed by atoms with Gasteiger partial charge in [0.05, 0.1) is 0 Å². The number of rotatable bonds is 6. The van der Waals surface area contributed by atoms with Gasteiger partial charge in [0.15, 0.2) is 0 Å². The number of nitrogens with one attached hydrogen (secondary N) is 1. The van der Waals surface area contributed by atoms with Crippen LogP contribution in [0.5, 0.6) is 0 Å². The molecule has 0 spiro atoms. The lowest BCUT2D eigenvalue weighted by Crippen LogP contribution is -2.03. The van der Waals surface area contributed by atoms with Crippen LogP contribution < -0.4 is 5.32 Å². The van der Waals surface area contributed by atoms with Gasteiger partial charge in [-0.25, -0.2) is 9.97 Å². The van der Waals surface area contributed by atoms with Crippen LogP contribution in [0.15, 0.2) is 11.1 Å². The molecule has 0 amide bonds. The molecular formula is C14H21N3S2. The Hall–Kier alpha value is -0.810. The molecule has 2 aromatic heterocycles. The monoisotopic (exact) mass is 295 g/mol. The predicted molar refractivity (Wildman–Crippen MR) is 86.6 cm³/mol.